The standard InChI is InChI=1S/C9H9NO.H2O4S/c1-2-7-11-9-5-3-8(10)4-6-9;1-5(2,3)4/h1,3-6H,7,10H2;(H2,1,2,3,4). The molecule has 0 amide bonds. The van der Waals surface area contributed by atoms with Crippen molar-refractivity contribution in [2.24, 2.45) is 0 Å². The molecule has 1 aromatic carbocycles. The van der Waals surface area contributed by atoms with Gasteiger partial charge in [-0.25, -0.2) is 0 Å². The van der Waals surface area contributed by atoms with Crippen LogP contribution in [-0.2, 0) is 10.4 Å². The van der Waals surface area contributed by atoms with Crippen LogP contribution in [0.4, 0.5) is 5.69 Å². The van der Waals surface area contributed by atoms with E-state index in [-0.39, 0.29) is 0 Å². The van der Waals surface area contributed by atoms with Crippen LogP contribution < -0.4 is 10.5 Å². The molecule has 4 N–H and O–H groups in total. The molecule has 16 heavy (non-hydrogen) atoms. The number of terminal acetylenes is 1. The van der Waals surface area contributed by atoms with E-state index in [1.165, 1.54) is 0 Å². The minimum absolute atomic E-state index is 0.296. The Bertz CT molecular complexity index is 438. The van der Waals surface area contributed by atoms with E-state index in [1.807, 2.05) is 0 Å². The molecule has 0 radical (unpaired) electrons. The highest BCUT2D eigenvalue weighted by Crippen LogP contribution is 2.12. The van der Waals surface area contributed by atoms with Crippen molar-refractivity contribution in [3.63, 3.8) is 0 Å². The number of ether oxygens (including phenoxy) is 1. The van der Waals surface area contributed by atoms with E-state index >= 15 is 0 Å². The molecular formula is C9H11NO5S. The maximum Gasteiger partial charge on any atom is 0.394 e. The number of hydrogen-bond donors (Lipinski definition) is 3. The van der Waals surface area contributed by atoms with Gasteiger partial charge in [0.15, 0.2) is 0 Å². The highest BCUT2D eigenvalue weighted by molar-refractivity contribution is 7.79. The molecule has 7 heteroatoms. The molecule has 0 saturated heterocycles. The fraction of sp³-hybridized carbons (Fsp3) is 0.111. The number of nitrogens with two attached hydrogens (primary N) is 1. The molecular weight excluding hydrogens is 234 g/mol. The average Bonchev–Trinajstić information content (AvgIpc) is 2.14. The zero-order valence-corrected chi connectivity index (χ0v) is 9.02. The number of nitrogen functional groups attached to an aromatic ring is 1. The fourth-order valence-electron chi connectivity index (χ4n) is 0.689. The first-order valence-electron chi connectivity index (χ1n) is 3.94. The Labute approximate surface area is 93.6 Å². The summed E-state index contributed by atoms with van der Waals surface area (Å²) in [7, 11) is -4.67. The molecule has 0 unspecified atom stereocenters. The average molecular weight is 245 g/mol. The van der Waals surface area contributed by atoms with Gasteiger partial charge in [-0.05, 0) is 24.3 Å². The number of anilines is 1. The van der Waals surface area contributed by atoms with E-state index in [9.17, 15) is 0 Å². The first kappa shape index (κ1) is 14.2. The fourth-order valence-corrected chi connectivity index (χ4v) is 0.689. The summed E-state index contributed by atoms with van der Waals surface area (Å²) >= 11 is 0. The third kappa shape index (κ3) is 10.3. The van der Waals surface area contributed by atoms with Crippen LogP contribution in [0.2, 0.25) is 0 Å². The Kier molecular flexibility index (Phi) is 5.95. The zero-order valence-electron chi connectivity index (χ0n) is 8.20. The van der Waals surface area contributed by atoms with Crippen molar-refractivity contribution in [1.29, 1.82) is 0 Å². The first-order valence-corrected chi connectivity index (χ1v) is 5.34. The van der Waals surface area contributed by atoms with Crippen LogP contribution in [0.25, 0.3) is 0 Å². The maximum absolute atomic E-state index is 8.74. The van der Waals surface area contributed by atoms with Gasteiger partial charge in [0.1, 0.15) is 12.4 Å². The molecule has 0 aromatic heterocycles. The molecule has 0 aliphatic rings. The molecule has 0 spiro atoms. The number of rotatable bonds is 2. The quantitative estimate of drug-likeness (QED) is 0.400. The van der Waals surface area contributed by atoms with Crippen LogP contribution >= 0.6 is 0 Å². The largest absolute Gasteiger partial charge is 0.481 e. The molecule has 1 aromatic rings. The Morgan fingerprint density at radius 1 is 1.31 bits per heavy atom. The summed E-state index contributed by atoms with van der Waals surface area (Å²) in [5.74, 6) is 3.12. The van der Waals surface area contributed by atoms with Crippen molar-refractivity contribution < 1.29 is 22.3 Å². The smallest absolute Gasteiger partial charge is 0.394 e. The van der Waals surface area contributed by atoms with Crippen LogP contribution in [-0.4, -0.2) is 24.1 Å². The highest BCUT2D eigenvalue weighted by atomic mass is 32.3. The van der Waals surface area contributed by atoms with Crippen LogP contribution in [0.3, 0.4) is 0 Å². The van der Waals surface area contributed by atoms with Crippen LogP contribution in [0, 0.1) is 12.3 Å². The molecule has 0 fully saturated rings. The minimum Gasteiger partial charge on any atom is -0.481 e. The molecule has 0 aliphatic heterocycles. The number of hydrogen-bond acceptors (Lipinski definition) is 4. The third-order valence-corrected chi connectivity index (χ3v) is 1.20. The lowest BCUT2D eigenvalue weighted by atomic mass is 10.3. The summed E-state index contributed by atoms with van der Waals surface area (Å²) in [6, 6.07) is 7.11. The second-order valence-electron chi connectivity index (χ2n) is 2.51. The van der Waals surface area contributed by atoms with Gasteiger partial charge in [0.2, 0.25) is 0 Å². The summed E-state index contributed by atoms with van der Waals surface area (Å²) in [6.45, 7) is 0.296. The summed E-state index contributed by atoms with van der Waals surface area (Å²) in [6.07, 6.45) is 5.01. The summed E-state index contributed by atoms with van der Waals surface area (Å²) in [4.78, 5) is 0. The molecule has 0 atom stereocenters. The molecule has 6 nitrogen and oxygen atoms in total. The van der Waals surface area contributed by atoms with Gasteiger partial charge in [0.25, 0.3) is 0 Å². The predicted octanol–water partition coefficient (Wildman–Crippen LogP) is 0.628. The lowest BCUT2D eigenvalue weighted by Crippen LogP contribution is -1.93. The minimum atomic E-state index is -4.67. The molecule has 1 rings (SSSR count). The monoisotopic (exact) mass is 245 g/mol. The lowest BCUT2D eigenvalue weighted by Gasteiger charge is -2.00. The molecule has 0 bridgehead atoms. The van der Waals surface area contributed by atoms with E-state index in [2.05, 4.69) is 5.92 Å². The first-order chi connectivity index (χ1) is 7.33. The van der Waals surface area contributed by atoms with Crippen molar-refractivity contribution in [3.05, 3.63) is 24.3 Å². The lowest BCUT2D eigenvalue weighted by molar-refractivity contribution is 0.370. The third-order valence-electron chi connectivity index (χ3n) is 1.20. The zero-order chi connectivity index (χ0) is 12.6. The van der Waals surface area contributed by atoms with Crippen molar-refractivity contribution in [2.75, 3.05) is 12.3 Å². The van der Waals surface area contributed by atoms with Crippen molar-refractivity contribution >= 4 is 16.1 Å². The predicted molar refractivity (Wildman–Crippen MR) is 59.4 cm³/mol. The Morgan fingerprint density at radius 2 is 1.75 bits per heavy atom. The SMILES string of the molecule is C#CCOc1ccc(N)cc1.O=S(=O)(O)O. The van der Waals surface area contributed by atoms with Crippen molar-refractivity contribution in [3.8, 4) is 18.1 Å². The molecule has 0 heterocycles. The number of benzene rings is 1. The van der Waals surface area contributed by atoms with Gasteiger partial charge in [0, 0.05) is 5.69 Å². The van der Waals surface area contributed by atoms with Crippen molar-refractivity contribution in [2.45, 2.75) is 0 Å². The van der Waals surface area contributed by atoms with E-state index in [4.69, 9.17) is 34.4 Å². The van der Waals surface area contributed by atoms with E-state index in [0.717, 1.165) is 11.4 Å². The second-order valence-corrected chi connectivity index (χ2v) is 3.41. The Hall–Kier alpha value is -1.75. The normalized spacial score (nSPS) is 9.56. The van der Waals surface area contributed by atoms with E-state index < -0.39 is 10.4 Å². The Morgan fingerprint density at radius 3 is 2.12 bits per heavy atom. The van der Waals surface area contributed by atoms with E-state index in [1.54, 1.807) is 24.3 Å². The maximum atomic E-state index is 8.74. The van der Waals surface area contributed by atoms with Gasteiger partial charge < -0.3 is 10.5 Å². The topological polar surface area (TPSA) is 110 Å². The van der Waals surface area contributed by atoms with Gasteiger partial charge in [-0.2, -0.15) is 8.42 Å². The van der Waals surface area contributed by atoms with Gasteiger partial charge >= 0.3 is 10.4 Å². The van der Waals surface area contributed by atoms with Gasteiger partial charge in [-0.3, -0.25) is 9.11 Å². The van der Waals surface area contributed by atoms with Gasteiger partial charge in [-0.15, -0.1) is 6.42 Å². The molecule has 0 aliphatic carbocycles. The van der Waals surface area contributed by atoms with Crippen molar-refractivity contribution in [1.82, 2.24) is 0 Å². The summed E-state index contributed by atoms with van der Waals surface area (Å²) in [5, 5.41) is 0. The van der Waals surface area contributed by atoms with Crippen LogP contribution in [0.1, 0.15) is 0 Å². The van der Waals surface area contributed by atoms with Gasteiger partial charge in [-0.1, -0.05) is 5.92 Å². The molecule has 0 saturated carbocycles. The second kappa shape index (κ2) is 6.68. The highest BCUT2D eigenvalue weighted by Gasteiger charge is 1.89. The summed E-state index contributed by atoms with van der Waals surface area (Å²) < 4.78 is 36.7. The van der Waals surface area contributed by atoms with Crippen LogP contribution in [0.5, 0.6) is 5.75 Å². The van der Waals surface area contributed by atoms with E-state index in [0.29, 0.717) is 6.61 Å². The summed E-state index contributed by atoms with van der Waals surface area (Å²) in [5.41, 5.74) is 6.18. The van der Waals surface area contributed by atoms with Crippen LogP contribution in [0.15, 0.2) is 24.3 Å². The molecule has 88 valence electrons. The van der Waals surface area contributed by atoms with Gasteiger partial charge in [0.05, 0.1) is 0 Å². The Balaban J connectivity index is 0.000000385.